The molecule has 0 unspecified atom stereocenters. The third-order valence-corrected chi connectivity index (χ3v) is 5.29. The highest BCUT2D eigenvalue weighted by molar-refractivity contribution is 8.27. The summed E-state index contributed by atoms with van der Waals surface area (Å²) >= 11 is 12.9. The summed E-state index contributed by atoms with van der Waals surface area (Å²) in [6.45, 7) is 3.96. The molecule has 1 amide bonds. The van der Waals surface area contributed by atoms with Gasteiger partial charge in [0.15, 0.2) is 4.32 Å². The molecule has 2 aromatic carbocycles. The number of anilines is 1. The summed E-state index contributed by atoms with van der Waals surface area (Å²) in [7, 11) is 0. The van der Waals surface area contributed by atoms with Crippen LogP contribution in [-0.4, -0.2) is 10.2 Å². The van der Waals surface area contributed by atoms with E-state index in [-0.39, 0.29) is 5.91 Å². The summed E-state index contributed by atoms with van der Waals surface area (Å²) in [6.07, 6.45) is 1.87. The largest absolute Gasteiger partial charge is 0.270 e. The maximum atomic E-state index is 12.7. The minimum Gasteiger partial charge on any atom is -0.268 e. The number of thiocarbonyl (C=S) groups is 1. The van der Waals surface area contributed by atoms with Gasteiger partial charge in [0.25, 0.3) is 5.91 Å². The Balaban J connectivity index is 1.93. The van der Waals surface area contributed by atoms with Gasteiger partial charge in [0.2, 0.25) is 0 Å². The molecule has 0 saturated carbocycles. The Bertz CT molecular complexity index is 827. The van der Waals surface area contributed by atoms with Gasteiger partial charge in [-0.2, -0.15) is 0 Å². The van der Waals surface area contributed by atoms with Crippen LogP contribution in [0.4, 0.5) is 5.69 Å². The lowest BCUT2D eigenvalue weighted by atomic mass is 10.1. The van der Waals surface area contributed by atoms with Crippen molar-refractivity contribution in [3.63, 3.8) is 0 Å². The molecule has 0 atom stereocenters. The van der Waals surface area contributed by atoms with E-state index in [1.165, 1.54) is 22.2 Å². The summed E-state index contributed by atoms with van der Waals surface area (Å²) in [6, 6.07) is 13.5. The Morgan fingerprint density at radius 2 is 1.83 bits per heavy atom. The standard InChI is InChI=1S/C18H14ClNOS2/c1-11-3-6-13(7-4-11)9-16-17(21)20(18(22)23-16)14-8-5-12(2)15(19)10-14/h3-10H,1-2H3/b16-9+. The highest BCUT2D eigenvalue weighted by atomic mass is 35.5. The molecule has 1 aliphatic heterocycles. The molecule has 116 valence electrons. The molecular formula is C18H14ClNOS2. The third-order valence-electron chi connectivity index (χ3n) is 3.58. The van der Waals surface area contributed by atoms with Gasteiger partial charge in [-0.1, -0.05) is 71.5 Å². The van der Waals surface area contributed by atoms with Gasteiger partial charge in [-0.3, -0.25) is 9.69 Å². The molecule has 2 aromatic rings. The summed E-state index contributed by atoms with van der Waals surface area (Å²) in [5.41, 5.74) is 3.84. The van der Waals surface area contributed by atoms with Crippen molar-refractivity contribution in [2.24, 2.45) is 0 Å². The van der Waals surface area contributed by atoms with Crippen molar-refractivity contribution in [3.05, 3.63) is 69.1 Å². The number of aryl methyl sites for hydroxylation is 2. The second-order valence-corrected chi connectivity index (χ2v) is 7.44. The molecule has 0 radical (unpaired) electrons. The second-order valence-electron chi connectivity index (χ2n) is 5.36. The Hall–Kier alpha value is -1.62. The SMILES string of the molecule is Cc1ccc(/C=C2/SC(=S)N(c3ccc(C)c(Cl)c3)C2=O)cc1. The molecule has 23 heavy (non-hydrogen) atoms. The third kappa shape index (κ3) is 3.34. The molecule has 0 aliphatic carbocycles. The highest BCUT2D eigenvalue weighted by Gasteiger charge is 2.33. The van der Waals surface area contributed by atoms with Gasteiger partial charge in [0.1, 0.15) is 0 Å². The smallest absolute Gasteiger partial charge is 0.268 e. The van der Waals surface area contributed by atoms with E-state index in [1.807, 2.05) is 56.3 Å². The number of thioether (sulfide) groups is 1. The fourth-order valence-corrected chi connectivity index (χ4v) is 3.70. The molecule has 0 spiro atoms. The van der Waals surface area contributed by atoms with Crippen LogP contribution >= 0.6 is 35.6 Å². The van der Waals surface area contributed by atoms with E-state index < -0.39 is 0 Å². The van der Waals surface area contributed by atoms with Crippen LogP contribution < -0.4 is 4.90 Å². The lowest BCUT2D eigenvalue weighted by Gasteiger charge is -2.15. The Kier molecular flexibility index (Phi) is 4.57. The average molecular weight is 360 g/mol. The summed E-state index contributed by atoms with van der Waals surface area (Å²) < 4.78 is 0.522. The van der Waals surface area contributed by atoms with E-state index >= 15 is 0 Å². The minimum atomic E-state index is -0.111. The highest BCUT2D eigenvalue weighted by Crippen LogP contribution is 2.37. The van der Waals surface area contributed by atoms with E-state index in [9.17, 15) is 4.79 Å². The molecular weight excluding hydrogens is 346 g/mol. The number of benzene rings is 2. The molecule has 0 aromatic heterocycles. The molecule has 1 heterocycles. The first-order valence-corrected chi connectivity index (χ1v) is 8.67. The van der Waals surface area contributed by atoms with Crippen molar-refractivity contribution >= 4 is 57.6 Å². The number of rotatable bonds is 2. The number of amides is 1. The lowest BCUT2D eigenvalue weighted by Crippen LogP contribution is -2.27. The van der Waals surface area contributed by atoms with Crippen LogP contribution in [0, 0.1) is 13.8 Å². The van der Waals surface area contributed by atoms with Crippen molar-refractivity contribution in [3.8, 4) is 0 Å². The molecule has 2 nitrogen and oxygen atoms in total. The molecule has 1 saturated heterocycles. The van der Waals surface area contributed by atoms with Gasteiger partial charge in [-0.15, -0.1) is 0 Å². The van der Waals surface area contributed by atoms with Crippen molar-refractivity contribution in [1.82, 2.24) is 0 Å². The van der Waals surface area contributed by atoms with Crippen LogP contribution in [0.25, 0.3) is 6.08 Å². The fourth-order valence-electron chi connectivity index (χ4n) is 2.23. The van der Waals surface area contributed by atoms with Gasteiger partial charge < -0.3 is 0 Å². The molecule has 1 aliphatic rings. The molecule has 1 fully saturated rings. The van der Waals surface area contributed by atoms with E-state index in [4.69, 9.17) is 23.8 Å². The first kappa shape index (κ1) is 16.2. The van der Waals surface area contributed by atoms with E-state index in [0.29, 0.717) is 19.9 Å². The van der Waals surface area contributed by atoms with Crippen LogP contribution in [0.1, 0.15) is 16.7 Å². The van der Waals surface area contributed by atoms with Crippen LogP contribution in [0.15, 0.2) is 47.4 Å². The molecule has 0 N–H and O–H groups in total. The summed E-state index contributed by atoms with van der Waals surface area (Å²) in [4.78, 5) is 14.8. The molecule has 0 bridgehead atoms. The Morgan fingerprint density at radius 3 is 2.48 bits per heavy atom. The topological polar surface area (TPSA) is 20.3 Å². The first-order chi connectivity index (χ1) is 11.0. The predicted molar refractivity (Wildman–Crippen MR) is 103 cm³/mol. The Labute approximate surface area is 150 Å². The number of hydrogen-bond donors (Lipinski definition) is 0. The quantitative estimate of drug-likeness (QED) is 0.531. The van der Waals surface area contributed by atoms with Crippen LogP contribution in [0.2, 0.25) is 5.02 Å². The number of halogens is 1. The van der Waals surface area contributed by atoms with Crippen LogP contribution in [0.5, 0.6) is 0 Å². The molecule has 3 rings (SSSR count). The van der Waals surface area contributed by atoms with Gasteiger partial charge >= 0.3 is 0 Å². The zero-order chi connectivity index (χ0) is 16.6. The average Bonchev–Trinajstić information content (AvgIpc) is 2.79. The number of hydrogen-bond acceptors (Lipinski definition) is 3. The zero-order valence-electron chi connectivity index (χ0n) is 12.7. The number of carbonyl (C=O) groups is 1. The van der Waals surface area contributed by atoms with E-state index in [0.717, 1.165) is 11.1 Å². The predicted octanol–water partition coefficient (Wildman–Crippen LogP) is 5.36. The van der Waals surface area contributed by atoms with Crippen molar-refractivity contribution in [1.29, 1.82) is 0 Å². The van der Waals surface area contributed by atoms with Crippen molar-refractivity contribution in [2.75, 3.05) is 4.90 Å². The van der Waals surface area contributed by atoms with E-state index in [1.54, 1.807) is 6.07 Å². The van der Waals surface area contributed by atoms with Crippen LogP contribution in [0.3, 0.4) is 0 Å². The summed E-state index contributed by atoms with van der Waals surface area (Å²) in [5, 5.41) is 0.624. The maximum absolute atomic E-state index is 12.7. The van der Waals surface area contributed by atoms with Gasteiger partial charge in [-0.05, 0) is 43.2 Å². The monoisotopic (exact) mass is 359 g/mol. The van der Waals surface area contributed by atoms with Gasteiger partial charge in [-0.25, -0.2) is 0 Å². The maximum Gasteiger partial charge on any atom is 0.270 e. The summed E-state index contributed by atoms with van der Waals surface area (Å²) in [5.74, 6) is -0.111. The van der Waals surface area contributed by atoms with Crippen molar-refractivity contribution in [2.45, 2.75) is 13.8 Å². The first-order valence-electron chi connectivity index (χ1n) is 7.06. The lowest BCUT2D eigenvalue weighted by molar-refractivity contribution is -0.113. The second kappa shape index (κ2) is 6.48. The van der Waals surface area contributed by atoms with Gasteiger partial charge in [0.05, 0.1) is 10.6 Å². The van der Waals surface area contributed by atoms with Gasteiger partial charge in [0, 0.05) is 5.02 Å². The number of nitrogens with zero attached hydrogens (tertiary/aromatic N) is 1. The zero-order valence-corrected chi connectivity index (χ0v) is 15.1. The molecule has 5 heteroatoms. The Morgan fingerprint density at radius 1 is 1.13 bits per heavy atom. The number of carbonyl (C=O) groups excluding carboxylic acids is 1. The minimum absolute atomic E-state index is 0.111. The normalized spacial score (nSPS) is 16.5. The fraction of sp³-hybridized carbons (Fsp3) is 0.111. The van der Waals surface area contributed by atoms with E-state index in [2.05, 4.69) is 0 Å². The van der Waals surface area contributed by atoms with Crippen molar-refractivity contribution < 1.29 is 4.79 Å². The van der Waals surface area contributed by atoms with Crippen LogP contribution in [-0.2, 0) is 4.79 Å².